The van der Waals surface area contributed by atoms with Crippen molar-refractivity contribution < 1.29 is 0 Å². The highest BCUT2D eigenvalue weighted by molar-refractivity contribution is 5.30. The van der Waals surface area contributed by atoms with Crippen molar-refractivity contribution in [3.8, 4) is 0 Å². The standard InChI is InChI=1S/C10H15/c1-10(2,3)9-7-5-4-6-8-9/h4-5,7-8H,6H2,1-3H3. The number of allylic oxidation sites excluding steroid dienone is 4. The summed E-state index contributed by atoms with van der Waals surface area (Å²) in [5, 5.41) is 0. The molecule has 1 aliphatic carbocycles. The third-order valence-corrected chi connectivity index (χ3v) is 1.75. The van der Waals surface area contributed by atoms with Crippen LogP contribution in [0.1, 0.15) is 27.2 Å². The third-order valence-electron chi connectivity index (χ3n) is 1.75. The first-order valence-corrected chi connectivity index (χ1v) is 3.81. The zero-order chi connectivity index (χ0) is 7.61. The molecule has 0 amide bonds. The van der Waals surface area contributed by atoms with Crippen molar-refractivity contribution >= 4 is 0 Å². The van der Waals surface area contributed by atoms with Gasteiger partial charge in [-0.3, -0.25) is 0 Å². The SMILES string of the molecule is CC(C)(C)C1=CC[CH]C=C1. The Kier molecular flexibility index (Phi) is 1.98. The number of hydrogen-bond acceptors (Lipinski definition) is 0. The summed E-state index contributed by atoms with van der Waals surface area (Å²) in [5.74, 6) is 0. The summed E-state index contributed by atoms with van der Waals surface area (Å²) in [7, 11) is 0. The molecule has 0 heterocycles. The minimum Gasteiger partial charge on any atom is -0.0802 e. The van der Waals surface area contributed by atoms with Gasteiger partial charge in [0.1, 0.15) is 0 Å². The lowest BCUT2D eigenvalue weighted by Crippen LogP contribution is -2.08. The van der Waals surface area contributed by atoms with E-state index < -0.39 is 0 Å². The van der Waals surface area contributed by atoms with Gasteiger partial charge in [-0.2, -0.15) is 0 Å². The Hall–Kier alpha value is -0.520. The molecule has 0 nitrogen and oxygen atoms in total. The molecular weight excluding hydrogens is 120 g/mol. The van der Waals surface area contributed by atoms with Gasteiger partial charge in [-0.25, -0.2) is 0 Å². The van der Waals surface area contributed by atoms with E-state index in [4.69, 9.17) is 0 Å². The average Bonchev–Trinajstić information content (AvgIpc) is 1.88. The summed E-state index contributed by atoms with van der Waals surface area (Å²) in [5.41, 5.74) is 1.78. The molecule has 0 bridgehead atoms. The van der Waals surface area contributed by atoms with E-state index >= 15 is 0 Å². The fourth-order valence-electron chi connectivity index (χ4n) is 1.07. The molecular formula is C10H15. The maximum atomic E-state index is 2.29. The van der Waals surface area contributed by atoms with Crippen LogP contribution in [0.4, 0.5) is 0 Å². The van der Waals surface area contributed by atoms with E-state index in [1.54, 1.807) is 0 Å². The van der Waals surface area contributed by atoms with E-state index in [2.05, 4.69) is 45.4 Å². The Bertz CT molecular complexity index is 165. The number of hydrogen-bond donors (Lipinski definition) is 0. The van der Waals surface area contributed by atoms with Crippen molar-refractivity contribution in [2.75, 3.05) is 0 Å². The molecule has 0 unspecified atom stereocenters. The van der Waals surface area contributed by atoms with Crippen LogP contribution in [0.5, 0.6) is 0 Å². The Labute approximate surface area is 63.6 Å². The third kappa shape index (κ3) is 1.73. The van der Waals surface area contributed by atoms with Gasteiger partial charge in [0.25, 0.3) is 0 Å². The smallest absolute Gasteiger partial charge is 0.0129 e. The highest BCUT2D eigenvalue weighted by atomic mass is 14.2. The lowest BCUT2D eigenvalue weighted by Gasteiger charge is -2.21. The molecule has 1 radical (unpaired) electrons. The van der Waals surface area contributed by atoms with Crippen LogP contribution in [0.3, 0.4) is 0 Å². The van der Waals surface area contributed by atoms with Crippen LogP contribution in [-0.4, -0.2) is 0 Å². The van der Waals surface area contributed by atoms with Gasteiger partial charge in [-0.1, -0.05) is 39.0 Å². The van der Waals surface area contributed by atoms with Gasteiger partial charge < -0.3 is 0 Å². The van der Waals surface area contributed by atoms with Crippen LogP contribution in [0.25, 0.3) is 0 Å². The van der Waals surface area contributed by atoms with Crippen LogP contribution in [0.15, 0.2) is 23.8 Å². The number of rotatable bonds is 0. The molecule has 55 valence electrons. The molecule has 0 spiro atoms. The van der Waals surface area contributed by atoms with E-state index in [1.165, 1.54) is 5.57 Å². The van der Waals surface area contributed by atoms with Crippen molar-refractivity contribution in [3.63, 3.8) is 0 Å². The molecule has 0 aromatic rings. The molecule has 0 saturated heterocycles. The van der Waals surface area contributed by atoms with E-state index in [-0.39, 0.29) is 0 Å². The van der Waals surface area contributed by atoms with Gasteiger partial charge in [0, 0.05) is 0 Å². The van der Waals surface area contributed by atoms with Crippen molar-refractivity contribution in [1.29, 1.82) is 0 Å². The Morgan fingerprint density at radius 2 is 2.00 bits per heavy atom. The molecule has 0 fully saturated rings. The minimum absolute atomic E-state index is 0.324. The lowest BCUT2D eigenvalue weighted by molar-refractivity contribution is 0.514. The molecule has 1 rings (SSSR count). The first kappa shape index (κ1) is 7.59. The molecule has 0 heteroatoms. The van der Waals surface area contributed by atoms with Gasteiger partial charge in [-0.15, -0.1) is 0 Å². The molecule has 10 heavy (non-hydrogen) atoms. The van der Waals surface area contributed by atoms with Crippen LogP contribution in [0, 0.1) is 11.8 Å². The predicted molar refractivity (Wildman–Crippen MR) is 45.6 cm³/mol. The molecule has 0 atom stereocenters. The van der Waals surface area contributed by atoms with Gasteiger partial charge >= 0.3 is 0 Å². The molecule has 0 aromatic heterocycles. The largest absolute Gasteiger partial charge is 0.0802 e. The highest BCUT2D eigenvalue weighted by Crippen LogP contribution is 2.28. The van der Waals surface area contributed by atoms with Crippen LogP contribution < -0.4 is 0 Å². The van der Waals surface area contributed by atoms with E-state index in [0.29, 0.717) is 5.41 Å². The summed E-state index contributed by atoms with van der Waals surface area (Å²) in [6.45, 7) is 6.73. The van der Waals surface area contributed by atoms with E-state index in [9.17, 15) is 0 Å². The Balaban J connectivity index is 2.73. The lowest BCUT2D eigenvalue weighted by atomic mass is 9.84. The van der Waals surface area contributed by atoms with Crippen molar-refractivity contribution in [1.82, 2.24) is 0 Å². The topological polar surface area (TPSA) is 0 Å². The molecule has 0 saturated carbocycles. The minimum atomic E-state index is 0.324. The maximum absolute atomic E-state index is 2.29. The summed E-state index contributed by atoms with van der Waals surface area (Å²) >= 11 is 0. The van der Waals surface area contributed by atoms with Gasteiger partial charge in [-0.05, 0) is 23.8 Å². The molecule has 0 aromatic carbocycles. The predicted octanol–water partition coefficient (Wildman–Crippen LogP) is 3.12. The normalized spacial score (nSPS) is 18.9. The van der Waals surface area contributed by atoms with Crippen LogP contribution in [-0.2, 0) is 0 Å². The fraction of sp³-hybridized carbons (Fsp3) is 0.500. The quantitative estimate of drug-likeness (QED) is 0.478. The Morgan fingerprint density at radius 1 is 1.30 bits per heavy atom. The second-order valence-electron chi connectivity index (χ2n) is 3.74. The summed E-state index contributed by atoms with van der Waals surface area (Å²) in [4.78, 5) is 0. The monoisotopic (exact) mass is 135 g/mol. The zero-order valence-corrected chi connectivity index (χ0v) is 7.02. The van der Waals surface area contributed by atoms with Crippen LogP contribution in [0.2, 0.25) is 0 Å². The summed E-state index contributed by atoms with van der Waals surface area (Å²) in [6, 6.07) is 0. The molecule has 1 aliphatic rings. The first-order valence-electron chi connectivity index (χ1n) is 3.81. The van der Waals surface area contributed by atoms with Crippen molar-refractivity contribution in [2.45, 2.75) is 27.2 Å². The van der Waals surface area contributed by atoms with E-state index in [1.807, 2.05) is 0 Å². The first-order chi connectivity index (χ1) is 4.61. The van der Waals surface area contributed by atoms with Crippen molar-refractivity contribution in [2.24, 2.45) is 5.41 Å². The van der Waals surface area contributed by atoms with E-state index in [0.717, 1.165) is 6.42 Å². The van der Waals surface area contributed by atoms with Gasteiger partial charge in [0.2, 0.25) is 0 Å². The van der Waals surface area contributed by atoms with Gasteiger partial charge in [0.15, 0.2) is 0 Å². The zero-order valence-electron chi connectivity index (χ0n) is 7.02. The summed E-state index contributed by atoms with van der Waals surface area (Å²) in [6.07, 6.45) is 9.91. The van der Waals surface area contributed by atoms with Crippen molar-refractivity contribution in [3.05, 3.63) is 30.2 Å². The fourth-order valence-corrected chi connectivity index (χ4v) is 1.07. The van der Waals surface area contributed by atoms with Gasteiger partial charge in [0.05, 0.1) is 0 Å². The maximum Gasteiger partial charge on any atom is -0.0129 e. The highest BCUT2D eigenvalue weighted by Gasteiger charge is 2.14. The summed E-state index contributed by atoms with van der Waals surface area (Å²) < 4.78 is 0. The average molecular weight is 135 g/mol. The molecule has 0 N–H and O–H groups in total. The van der Waals surface area contributed by atoms with Crippen LogP contribution >= 0.6 is 0 Å². The second-order valence-corrected chi connectivity index (χ2v) is 3.74. The molecule has 0 aliphatic heterocycles. The second kappa shape index (κ2) is 2.61. The Morgan fingerprint density at radius 3 is 2.30 bits per heavy atom.